The van der Waals surface area contributed by atoms with Crippen LogP contribution in [0.3, 0.4) is 0 Å². The van der Waals surface area contributed by atoms with Crippen molar-refractivity contribution in [1.82, 2.24) is 9.88 Å². The number of anilines is 1. The van der Waals surface area contributed by atoms with Crippen LogP contribution in [-0.4, -0.2) is 58.3 Å². The average molecular weight is 396 g/mol. The minimum atomic E-state index is -1.24. The molecule has 6 heteroatoms. The van der Waals surface area contributed by atoms with E-state index in [1.807, 2.05) is 47.5 Å². The quantitative estimate of drug-likeness (QED) is 0.783. The zero-order valence-corrected chi connectivity index (χ0v) is 16.7. The molecule has 0 unspecified atom stereocenters. The maximum absolute atomic E-state index is 12.3. The number of likely N-dealkylation sites (tertiary alicyclic amines) is 1. The Morgan fingerprint density at radius 2 is 1.83 bits per heavy atom. The molecule has 154 valence electrons. The molecule has 0 aliphatic carbocycles. The molecule has 0 saturated carbocycles. The molecule has 3 heterocycles. The molecule has 4 rings (SSSR count). The topological polar surface area (TPSA) is 76.9 Å². The van der Waals surface area contributed by atoms with Crippen LogP contribution in [0.15, 0.2) is 48.7 Å². The van der Waals surface area contributed by atoms with Crippen molar-refractivity contribution in [2.75, 3.05) is 31.1 Å². The average Bonchev–Trinajstić information content (AvgIpc) is 3.24. The minimum Gasteiger partial charge on any atom is -0.481 e. The van der Waals surface area contributed by atoms with Crippen molar-refractivity contribution in [3.05, 3.63) is 59.8 Å². The van der Waals surface area contributed by atoms with Crippen molar-refractivity contribution in [1.29, 1.82) is 0 Å². The van der Waals surface area contributed by atoms with Gasteiger partial charge in [0.15, 0.2) is 0 Å². The Kier molecular flexibility index (Phi) is 5.83. The van der Waals surface area contributed by atoms with Crippen LogP contribution in [0.5, 0.6) is 0 Å². The third-order valence-corrected chi connectivity index (χ3v) is 6.31. The van der Waals surface area contributed by atoms with E-state index < -0.39 is 17.5 Å². The number of benzene rings is 1. The lowest BCUT2D eigenvalue weighted by Gasteiger charge is -2.44. The van der Waals surface area contributed by atoms with Gasteiger partial charge in [0.25, 0.3) is 0 Å². The van der Waals surface area contributed by atoms with Crippen molar-refractivity contribution in [3.8, 4) is 0 Å². The van der Waals surface area contributed by atoms with Gasteiger partial charge in [0.05, 0.1) is 6.10 Å². The number of nitrogens with zero attached hydrogens (tertiary/aromatic N) is 3. The summed E-state index contributed by atoms with van der Waals surface area (Å²) < 4.78 is 0. The highest BCUT2D eigenvalue weighted by Crippen LogP contribution is 2.36. The highest BCUT2D eigenvalue weighted by atomic mass is 16.4. The van der Waals surface area contributed by atoms with Gasteiger partial charge in [0, 0.05) is 25.8 Å². The van der Waals surface area contributed by atoms with Gasteiger partial charge in [0.2, 0.25) is 0 Å². The summed E-state index contributed by atoms with van der Waals surface area (Å²) in [5.74, 6) is -0.176. The molecule has 2 aromatic rings. The predicted molar refractivity (Wildman–Crippen MR) is 112 cm³/mol. The van der Waals surface area contributed by atoms with E-state index in [9.17, 15) is 15.0 Å². The minimum absolute atomic E-state index is 0.247. The van der Waals surface area contributed by atoms with E-state index in [0.717, 1.165) is 31.0 Å². The van der Waals surface area contributed by atoms with Gasteiger partial charge in [-0.3, -0.25) is 9.69 Å². The largest absolute Gasteiger partial charge is 0.481 e. The number of hydrogen-bond acceptors (Lipinski definition) is 5. The lowest BCUT2D eigenvalue weighted by molar-refractivity contribution is -0.157. The van der Waals surface area contributed by atoms with Crippen LogP contribution < -0.4 is 4.90 Å². The van der Waals surface area contributed by atoms with Crippen LogP contribution in [-0.2, 0) is 17.8 Å². The van der Waals surface area contributed by atoms with Gasteiger partial charge in [-0.15, -0.1) is 0 Å². The normalized spacial score (nSPS) is 25.3. The molecular formula is C23H29N3O3. The number of rotatable bonds is 6. The molecule has 1 aromatic heterocycles. The Hall–Kier alpha value is -2.44. The molecule has 2 saturated heterocycles. The molecule has 0 radical (unpaired) electrons. The fourth-order valence-electron chi connectivity index (χ4n) is 4.59. The lowest BCUT2D eigenvalue weighted by Crippen LogP contribution is -2.57. The summed E-state index contributed by atoms with van der Waals surface area (Å²) in [7, 11) is 0. The number of pyridine rings is 1. The van der Waals surface area contributed by atoms with Crippen molar-refractivity contribution in [2.24, 2.45) is 5.41 Å². The summed E-state index contributed by atoms with van der Waals surface area (Å²) in [6.07, 6.45) is 4.26. The number of aliphatic carboxylic acids is 1. The molecule has 1 aromatic carbocycles. The van der Waals surface area contributed by atoms with Gasteiger partial charge in [-0.25, -0.2) is 4.98 Å². The monoisotopic (exact) mass is 395 g/mol. The number of carboxylic acids is 1. The van der Waals surface area contributed by atoms with Crippen molar-refractivity contribution in [3.63, 3.8) is 0 Å². The Bertz CT molecular complexity index is 821. The predicted octanol–water partition coefficient (Wildman–Crippen LogP) is 2.56. The second-order valence-electron chi connectivity index (χ2n) is 8.36. The van der Waals surface area contributed by atoms with Crippen LogP contribution in [0, 0.1) is 5.41 Å². The van der Waals surface area contributed by atoms with Gasteiger partial charge < -0.3 is 15.1 Å². The van der Waals surface area contributed by atoms with E-state index in [4.69, 9.17) is 0 Å². The summed E-state index contributed by atoms with van der Waals surface area (Å²) in [5, 5.41) is 20.8. The Balaban J connectivity index is 1.51. The molecule has 29 heavy (non-hydrogen) atoms. The Morgan fingerprint density at radius 3 is 2.48 bits per heavy atom. The molecule has 6 nitrogen and oxygen atoms in total. The maximum Gasteiger partial charge on any atom is 0.314 e. The summed E-state index contributed by atoms with van der Waals surface area (Å²) in [6.45, 7) is 4.05. The first-order valence-corrected chi connectivity index (χ1v) is 10.4. The third kappa shape index (κ3) is 4.28. The van der Waals surface area contributed by atoms with E-state index in [-0.39, 0.29) is 6.54 Å². The van der Waals surface area contributed by atoms with E-state index in [1.165, 1.54) is 18.4 Å². The van der Waals surface area contributed by atoms with Gasteiger partial charge in [-0.1, -0.05) is 36.4 Å². The Morgan fingerprint density at radius 1 is 1.07 bits per heavy atom. The van der Waals surface area contributed by atoms with Gasteiger partial charge >= 0.3 is 5.97 Å². The van der Waals surface area contributed by atoms with E-state index in [2.05, 4.69) is 16.0 Å². The van der Waals surface area contributed by atoms with Crippen molar-refractivity contribution in [2.45, 2.75) is 38.3 Å². The number of aromatic nitrogens is 1. The molecule has 2 N–H and O–H groups in total. The van der Waals surface area contributed by atoms with Gasteiger partial charge in [-0.2, -0.15) is 0 Å². The second kappa shape index (κ2) is 8.51. The van der Waals surface area contributed by atoms with Crippen LogP contribution in [0.4, 0.5) is 5.82 Å². The first kappa shape index (κ1) is 19.9. The van der Waals surface area contributed by atoms with Gasteiger partial charge in [-0.05, 0) is 56.0 Å². The molecular weight excluding hydrogens is 366 g/mol. The summed E-state index contributed by atoms with van der Waals surface area (Å²) >= 11 is 0. The fraction of sp³-hybridized carbons (Fsp3) is 0.478. The highest BCUT2D eigenvalue weighted by Gasteiger charge is 2.49. The van der Waals surface area contributed by atoms with Crippen molar-refractivity contribution < 1.29 is 15.0 Å². The number of carboxylic acid groups (broad SMARTS) is 1. The van der Waals surface area contributed by atoms with Crippen LogP contribution in [0.25, 0.3) is 0 Å². The van der Waals surface area contributed by atoms with Crippen LogP contribution >= 0.6 is 0 Å². The zero-order chi connectivity index (χ0) is 20.3. The lowest BCUT2D eigenvalue weighted by atomic mass is 9.73. The van der Waals surface area contributed by atoms with E-state index in [1.54, 1.807) is 0 Å². The second-order valence-corrected chi connectivity index (χ2v) is 8.36. The summed E-state index contributed by atoms with van der Waals surface area (Å²) in [5.41, 5.74) is 0.862. The molecule has 2 aliphatic rings. The smallest absolute Gasteiger partial charge is 0.314 e. The number of hydrogen-bond donors (Lipinski definition) is 2. The van der Waals surface area contributed by atoms with Crippen molar-refractivity contribution >= 4 is 11.8 Å². The Labute approximate surface area is 171 Å². The molecule has 0 amide bonds. The van der Waals surface area contributed by atoms with E-state index >= 15 is 0 Å². The third-order valence-electron chi connectivity index (χ3n) is 6.31. The molecule has 2 atom stereocenters. The highest BCUT2D eigenvalue weighted by molar-refractivity contribution is 5.77. The molecule has 2 fully saturated rings. The van der Waals surface area contributed by atoms with E-state index in [0.29, 0.717) is 19.4 Å². The zero-order valence-electron chi connectivity index (χ0n) is 16.7. The van der Waals surface area contributed by atoms with Crippen LogP contribution in [0.1, 0.15) is 30.4 Å². The fourth-order valence-corrected chi connectivity index (χ4v) is 4.59. The number of aliphatic hydroxyl groups excluding tert-OH is 1. The maximum atomic E-state index is 12.3. The van der Waals surface area contributed by atoms with Crippen LogP contribution in [0.2, 0.25) is 0 Å². The molecule has 0 spiro atoms. The first-order valence-electron chi connectivity index (χ1n) is 10.4. The number of aliphatic hydroxyl groups is 1. The first-order chi connectivity index (χ1) is 14.1. The van der Waals surface area contributed by atoms with Gasteiger partial charge in [0.1, 0.15) is 11.2 Å². The number of piperidine rings is 1. The summed E-state index contributed by atoms with van der Waals surface area (Å²) in [6, 6.07) is 13.6. The molecule has 2 aliphatic heterocycles. The molecule has 0 bridgehead atoms. The number of carbonyl (C=O) groups is 1. The standard InChI is InChI=1S/C23H29N3O3/c27-20-10-13-26(17-23(20,22(28)29)14-18-6-2-1-3-7-18)21-9-8-19(15-24-21)16-25-11-4-5-12-25/h1-3,6-9,15,20,27H,4-5,10-14,16-17H2,(H,28,29)/t20-,23-/m0/s1. The summed E-state index contributed by atoms with van der Waals surface area (Å²) in [4.78, 5) is 21.4. The SMILES string of the molecule is O=C(O)[C@@]1(Cc2ccccc2)CN(c2ccc(CN3CCCC3)cn2)CC[C@@H]1O.